The van der Waals surface area contributed by atoms with E-state index in [1.807, 2.05) is 0 Å². The lowest BCUT2D eigenvalue weighted by atomic mass is 10.2. The third-order valence-corrected chi connectivity index (χ3v) is 5.49. The van der Waals surface area contributed by atoms with Gasteiger partial charge in [0.25, 0.3) is 10.0 Å². The number of nitrogens with zero attached hydrogens (tertiary/aromatic N) is 2. The smallest absolute Gasteiger partial charge is 0.422 e. The summed E-state index contributed by atoms with van der Waals surface area (Å²) in [7, 11) is -3.96. The Hall–Kier alpha value is -2.74. The van der Waals surface area contributed by atoms with Crippen molar-refractivity contribution in [3.05, 3.63) is 47.8 Å². The number of para-hydroxylation sites is 2. The quantitative estimate of drug-likeness (QED) is 0.338. The van der Waals surface area contributed by atoms with Crippen LogP contribution in [0.3, 0.4) is 0 Å². The molecule has 9 nitrogen and oxygen atoms in total. The Labute approximate surface area is 188 Å². The van der Waals surface area contributed by atoms with Crippen molar-refractivity contribution in [1.82, 2.24) is 19.7 Å². The molecule has 33 heavy (non-hydrogen) atoms. The number of ether oxygens (including phenoxy) is 1. The number of aliphatic hydroxyl groups is 2. The number of hydrogen-bond acceptors (Lipinski definition) is 7. The van der Waals surface area contributed by atoms with Gasteiger partial charge in [0.15, 0.2) is 6.61 Å². The summed E-state index contributed by atoms with van der Waals surface area (Å²) >= 11 is 0. The van der Waals surface area contributed by atoms with Gasteiger partial charge >= 0.3 is 6.18 Å². The predicted molar refractivity (Wildman–Crippen MR) is 114 cm³/mol. The third kappa shape index (κ3) is 8.28. The summed E-state index contributed by atoms with van der Waals surface area (Å²) in [6.45, 7) is 0.223. The maximum absolute atomic E-state index is 12.4. The first kappa shape index (κ1) is 26.5. The normalized spacial score (nSPS) is 11.8. The molecule has 0 aliphatic rings. The summed E-state index contributed by atoms with van der Waals surface area (Å²) < 4.78 is 68.8. The summed E-state index contributed by atoms with van der Waals surface area (Å²) in [5, 5.41) is 15.9. The second kappa shape index (κ2) is 11.9. The summed E-state index contributed by atoms with van der Waals surface area (Å²) in [5.41, 5.74) is 1.62. The molecule has 0 fully saturated rings. The minimum absolute atomic E-state index is 0.0136. The van der Waals surface area contributed by atoms with Gasteiger partial charge in [-0.05, 0) is 38.0 Å². The molecule has 3 rings (SSSR count). The van der Waals surface area contributed by atoms with Crippen molar-refractivity contribution in [2.75, 3.05) is 19.8 Å². The summed E-state index contributed by atoms with van der Waals surface area (Å²) in [6, 6.07) is 8.11. The predicted octanol–water partition coefficient (Wildman–Crippen LogP) is 2.44. The zero-order valence-electron chi connectivity index (χ0n) is 17.8. The van der Waals surface area contributed by atoms with E-state index in [0.717, 1.165) is 12.8 Å². The van der Waals surface area contributed by atoms with Crippen LogP contribution in [0.25, 0.3) is 11.0 Å². The lowest BCUT2D eigenvalue weighted by Crippen LogP contribution is -2.25. The minimum Gasteiger partial charge on any atom is -0.484 e. The molecule has 2 heterocycles. The number of benzene rings is 1. The number of rotatable bonds is 9. The van der Waals surface area contributed by atoms with Crippen LogP contribution >= 0.6 is 0 Å². The van der Waals surface area contributed by atoms with E-state index in [1.54, 1.807) is 24.3 Å². The fourth-order valence-corrected chi connectivity index (χ4v) is 3.49. The zero-order chi connectivity index (χ0) is 24.5. The molecule has 182 valence electrons. The number of halogens is 3. The van der Waals surface area contributed by atoms with Gasteiger partial charge in [0, 0.05) is 25.0 Å². The van der Waals surface area contributed by atoms with E-state index in [0.29, 0.717) is 16.6 Å². The Morgan fingerprint density at radius 1 is 1.12 bits per heavy atom. The summed E-state index contributed by atoms with van der Waals surface area (Å²) in [5.74, 6) is -0.0136. The fourth-order valence-electron chi connectivity index (χ4n) is 2.57. The van der Waals surface area contributed by atoms with Crippen molar-refractivity contribution in [3.63, 3.8) is 0 Å². The van der Waals surface area contributed by atoms with E-state index in [-0.39, 0.29) is 36.4 Å². The molecule has 0 spiro atoms. The number of sulfonamides is 1. The van der Waals surface area contributed by atoms with Crippen LogP contribution in [0.15, 0.2) is 41.7 Å². The average molecular weight is 491 g/mol. The number of aliphatic hydroxyl groups excluding tert-OH is 2. The van der Waals surface area contributed by atoms with Gasteiger partial charge in [-0.1, -0.05) is 12.1 Å². The van der Waals surface area contributed by atoms with Crippen molar-refractivity contribution in [2.24, 2.45) is 0 Å². The molecule has 0 saturated heterocycles. The maximum atomic E-state index is 12.4. The highest BCUT2D eigenvalue weighted by atomic mass is 32.2. The molecular weight excluding hydrogens is 465 g/mol. The van der Waals surface area contributed by atoms with Crippen LogP contribution in [0.2, 0.25) is 0 Å². The topological polar surface area (TPSA) is 137 Å². The molecule has 4 N–H and O–H groups in total. The lowest BCUT2D eigenvalue weighted by Gasteiger charge is -2.13. The minimum atomic E-state index is -4.47. The van der Waals surface area contributed by atoms with Gasteiger partial charge in [-0.25, -0.2) is 18.1 Å². The highest BCUT2D eigenvalue weighted by Gasteiger charge is 2.29. The van der Waals surface area contributed by atoms with E-state index in [1.165, 1.54) is 19.2 Å². The Morgan fingerprint density at radius 3 is 2.39 bits per heavy atom. The molecule has 0 unspecified atom stereocenters. The van der Waals surface area contributed by atoms with Gasteiger partial charge in [0.2, 0.25) is 5.16 Å². The molecule has 0 aliphatic carbocycles. The van der Waals surface area contributed by atoms with Gasteiger partial charge in [-0.3, -0.25) is 4.98 Å². The summed E-state index contributed by atoms with van der Waals surface area (Å²) in [4.78, 5) is 10.7. The van der Waals surface area contributed by atoms with Crippen molar-refractivity contribution < 1.29 is 36.5 Å². The van der Waals surface area contributed by atoms with Crippen molar-refractivity contribution in [3.8, 4) is 5.75 Å². The number of aromatic amines is 1. The summed E-state index contributed by atoms with van der Waals surface area (Å²) in [6.07, 6.45) is -1.78. The molecule has 0 radical (unpaired) electrons. The first-order chi connectivity index (χ1) is 15.6. The third-order valence-electron chi connectivity index (χ3n) is 4.27. The van der Waals surface area contributed by atoms with Crippen molar-refractivity contribution in [2.45, 2.75) is 37.6 Å². The number of alkyl halides is 3. The molecule has 0 atom stereocenters. The van der Waals surface area contributed by atoms with Crippen LogP contribution in [-0.2, 0) is 16.6 Å². The van der Waals surface area contributed by atoms with E-state index >= 15 is 0 Å². The molecule has 1 aromatic carbocycles. The second-order valence-electron chi connectivity index (χ2n) is 6.82. The Balaban J connectivity index is 0.000000569. The number of hydrogen-bond donors (Lipinski definition) is 4. The van der Waals surface area contributed by atoms with E-state index < -0.39 is 22.8 Å². The number of fused-ring (bicyclic) bond motifs is 1. The Bertz CT molecular complexity index is 1100. The number of pyridine rings is 1. The van der Waals surface area contributed by atoms with Gasteiger partial charge in [0.1, 0.15) is 5.75 Å². The SMILES string of the molecule is Cc1c(OCC(F)(F)F)ccnc1CNS(=O)(=O)c1nc2ccccc2[nH]1.OCCCCO. The van der Waals surface area contributed by atoms with Crippen LogP contribution in [0.1, 0.15) is 24.1 Å². The van der Waals surface area contributed by atoms with Crippen LogP contribution < -0.4 is 9.46 Å². The molecule has 0 aliphatic heterocycles. The van der Waals surface area contributed by atoms with Gasteiger partial charge in [-0.15, -0.1) is 0 Å². The molecule has 0 amide bonds. The molecule has 0 saturated carbocycles. The number of aromatic nitrogens is 3. The number of imidazole rings is 1. The highest BCUT2D eigenvalue weighted by Crippen LogP contribution is 2.23. The van der Waals surface area contributed by atoms with Gasteiger partial charge in [0.05, 0.1) is 23.3 Å². The fraction of sp³-hybridized carbons (Fsp3) is 0.400. The Kier molecular flexibility index (Phi) is 9.58. The van der Waals surface area contributed by atoms with E-state index in [2.05, 4.69) is 19.7 Å². The van der Waals surface area contributed by atoms with Crippen molar-refractivity contribution in [1.29, 1.82) is 0 Å². The van der Waals surface area contributed by atoms with E-state index in [9.17, 15) is 21.6 Å². The largest absolute Gasteiger partial charge is 0.484 e. The monoisotopic (exact) mass is 490 g/mol. The highest BCUT2D eigenvalue weighted by molar-refractivity contribution is 7.89. The van der Waals surface area contributed by atoms with Crippen LogP contribution in [-0.4, -0.2) is 59.6 Å². The molecule has 0 bridgehead atoms. The first-order valence-corrected chi connectivity index (χ1v) is 11.4. The average Bonchev–Trinajstić information content (AvgIpc) is 3.21. The maximum Gasteiger partial charge on any atom is 0.422 e. The molecule has 2 aromatic heterocycles. The standard InChI is InChI=1S/C16H15F3N4O3S.C4H10O2/c1-10-13(20-7-6-14(10)26-9-16(17,18)19)8-21-27(24,25)15-22-11-4-2-3-5-12(11)23-15;5-3-1-2-4-6/h2-7,21H,8-9H2,1H3,(H,22,23);5-6H,1-4H2. The number of unbranched alkanes of at least 4 members (excludes halogenated alkanes) is 1. The van der Waals surface area contributed by atoms with Gasteiger partial charge in [-0.2, -0.15) is 13.2 Å². The van der Waals surface area contributed by atoms with Crippen LogP contribution in [0, 0.1) is 6.92 Å². The number of H-pyrrole nitrogens is 1. The Morgan fingerprint density at radius 2 is 1.79 bits per heavy atom. The number of nitrogens with one attached hydrogen (secondary N) is 2. The second-order valence-corrected chi connectivity index (χ2v) is 8.50. The van der Waals surface area contributed by atoms with Crippen LogP contribution in [0.4, 0.5) is 13.2 Å². The molecular formula is C20H25F3N4O5S. The van der Waals surface area contributed by atoms with E-state index in [4.69, 9.17) is 14.9 Å². The molecule has 13 heteroatoms. The van der Waals surface area contributed by atoms with Crippen LogP contribution in [0.5, 0.6) is 5.75 Å². The lowest BCUT2D eigenvalue weighted by molar-refractivity contribution is -0.153. The molecule has 3 aromatic rings. The van der Waals surface area contributed by atoms with Gasteiger partial charge < -0.3 is 19.9 Å². The first-order valence-electron chi connectivity index (χ1n) is 9.87. The zero-order valence-corrected chi connectivity index (χ0v) is 18.6. The van der Waals surface area contributed by atoms with Crippen molar-refractivity contribution >= 4 is 21.1 Å².